The Hall–Kier alpha value is -3.28. The zero-order chi connectivity index (χ0) is 37.2. The van der Waals surface area contributed by atoms with Crippen LogP contribution in [0.25, 0.3) is 43.8 Å². The van der Waals surface area contributed by atoms with Crippen molar-refractivity contribution >= 4 is 38.6 Å². The first-order valence-electron chi connectivity index (χ1n) is 14.0. The van der Waals surface area contributed by atoms with Crippen LogP contribution in [-0.2, 0) is 45.6 Å². The minimum atomic E-state index is -4.85. The van der Waals surface area contributed by atoms with E-state index in [0.717, 1.165) is 45.8 Å². The van der Waals surface area contributed by atoms with E-state index < -0.39 is 67.8 Å². The van der Waals surface area contributed by atoms with E-state index in [4.69, 9.17) is 17.0 Å². The molecule has 6 rings (SSSR count). The van der Waals surface area contributed by atoms with Crippen LogP contribution in [0.3, 0.4) is 0 Å². The van der Waals surface area contributed by atoms with Gasteiger partial charge in [-0.3, -0.25) is 0 Å². The molecule has 0 radical (unpaired) electrons. The molecule has 0 atom stereocenters. The summed E-state index contributed by atoms with van der Waals surface area (Å²) in [5.74, 6) is 0. The summed E-state index contributed by atoms with van der Waals surface area (Å²) in [6.07, 6.45) is -19.4. The Morgan fingerprint density at radius 3 is 1.34 bits per heavy atom. The standard InChI is InChI=1S/C18H11F6.C17H9F6.2ClH.Zr/c1-10-15-5-3-2-4-11(15)8-16(10)12-6-13(17(19,20)21)9-14(7-12)18(22,23)24;18-16(19,20)14-7-13(8-15(9-14)17(21,22)23)12-5-10-3-1-2-4-11(10)6-12;;;/h2-9H,1H3;1-9H;2*1H;/q2*-1;;;+4/p-2. The third-order valence-electron chi connectivity index (χ3n) is 7.51. The first kappa shape index (κ1) is 39.5. The van der Waals surface area contributed by atoms with Gasteiger partial charge in [-0.05, 0) is 12.1 Å². The van der Waals surface area contributed by atoms with Crippen LogP contribution in [0.2, 0.25) is 0 Å². The molecule has 0 heterocycles. The van der Waals surface area contributed by atoms with E-state index in [1.165, 1.54) is 0 Å². The van der Waals surface area contributed by atoms with Gasteiger partial charge in [0, 0.05) is 22.3 Å². The minimum absolute atomic E-state index is 0.0918. The fourth-order valence-electron chi connectivity index (χ4n) is 5.22. The third kappa shape index (κ3) is 9.53. The van der Waals surface area contributed by atoms with Crippen LogP contribution in [0.15, 0.2) is 103 Å². The van der Waals surface area contributed by atoms with Crippen LogP contribution in [0.4, 0.5) is 52.7 Å². The molecule has 0 nitrogen and oxygen atoms in total. The predicted molar refractivity (Wildman–Crippen MR) is 166 cm³/mol. The van der Waals surface area contributed by atoms with Crippen molar-refractivity contribution in [1.82, 2.24) is 0 Å². The molecule has 0 aromatic heterocycles. The van der Waals surface area contributed by atoms with Gasteiger partial charge in [0.15, 0.2) is 0 Å². The molecule has 0 amide bonds. The fraction of sp³-hybridized carbons (Fsp3) is 0.143. The number of benzene rings is 4. The molecular formula is C35H20Cl2F12Zr. The van der Waals surface area contributed by atoms with Gasteiger partial charge in [-0.15, -0.1) is 68.6 Å². The van der Waals surface area contributed by atoms with Crippen LogP contribution in [0, 0.1) is 6.92 Å². The van der Waals surface area contributed by atoms with Crippen LogP contribution >= 0.6 is 17.0 Å². The third-order valence-corrected chi connectivity index (χ3v) is 7.51. The van der Waals surface area contributed by atoms with Crippen molar-refractivity contribution in [3.8, 4) is 22.3 Å². The SMILES string of the molecule is C[c-]1c(-c2cc(C(F)(F)F)cc(C(F)(F)F)c2)cc2ccccc21.FC(F)(F)c1cc(-c2cc3ccccc3[cH-]2)cc(C(F)(F)F)c1.[Cl][Zr+2][Cl]. The molecule has 262 valence electrons. The molecule has 0 N–H and O–H groups in total. The van der Waals surface area contributed by atoms with Crippen molar-refractivity contribution in [2.75, 3.05) is 0 Å². The molecule has 0 saturated carbocycles. The van der Waals surface area contributed by atoms with Gasteiger partial charge >= 0.3 is 62.6 Å². The Balaban J connectivity index is 0.000000209. The van der Waals surface area contributed by atoms with Gasteiger partial charge in [-0.25, -0.2) is 0 Å². The number of aryl methyl sites for hydroxylation is 1. The van der Waals surface area contributed by atoms with Gasteiger partial charge in [0.2, 0.25) is 0 Å². The topological polar surface area (TPSA) is 0 Å². The Kier molecular flexibility index (Phi) is 12.0. The van der Waals surface area contributed by atoms with E-state index in [0.29, 0.717) is 16.7 Å². The second-order valence-electron chi connectivity index (χ2n) is 10.8. The second kappa shape index (κ2) is 15.1. The molecule has 0 aliphatic heterocycles. The molecule has 6 aromatic rings. The average molecular weight is 831 g/mol. The summed E-state index contributed by atoms with van der Waals surface area (Å²) in [5.41, 5.74) is -4.10. The summed E-state index contributed by atoms with van der Waals surface area (Å²) in [7, 11) is 9.87. The number of halogens is 14. The molecule has 0 aliphatic carbocycles. The molecule has 0 spiro atoms. The van der Waals surface area contributed by atoms with Gasteiger partial charge in [-0.2, -0.15) is 52.7 Å². The van der Waals surface area contributed by atoms with Gasteiger partial charge in [0.1, 0.15) is 0 Å². The Bertz CT molecular complexity index is 1980. The summed E-state index contributed by atoms with van der Waals surface area (Å²) < 4.78 is 155. The second-order valence-corrected chi connectivity index (χ2v) is 14.5. The number of alkyl halides is 12. The Morgan fingerprint density at radius 1 is 0.520 bits per heavy atom. The van der Waals surface area contributed by atoms with Crippen molar-refractivity contribution in [1.29, 1.82) is 0 Å². The Labute approximate surface area is 295 Å². The zero-order valence-electron chi connectivity index (χ0n) is 25.1. The average Bonchev–Trinajstić information content (AvgIpc) is 3.61. The summed E-state index contributed by atoms with van der Waals surface area (Å²) in [6.45, 7) is 1.69. The van der Waals surface area contributed by atoms with Crippen LogP contribution in [0.1, 0.15) is 27.8 Å². The summed E-state index contributed by atoms with van der Waals surface area (Å²) in [5, 5.41) is 3.09. The maximum atomic E-state index is 13.0. The van der Waals surface area contributed by atoms with Crippen molar-refractivity contribution < 1.29 is 73.5 Å². The van der Waals surface area contributed by atoms with Gasteiger partial charge < -0.3 is 0 Å². The number of fused-ring (bicyclic) bond motifs is 2. The fourth-order valence-corrected chi connectivity index (χ4v) is 5.22. The van der Waals surface area contributed by atoms with E-state index >= 15 is 0 Å². The van der Waals surface area contributed by atoms with Crippen molar-refractivity contribution in [2.45, 2.75) is 31.6 Å². The van der Waals surface area contributed by atoms with E-state index in [-0.39, 0.29) is 23.3 Å². The van der Waals surface area contributed by atoms with Crippen LogP contribution in [-0.4, -0.2) is 0 Å². The predicted octanol–water partition coefficient (Wildman–Crippen LogP) is 14.2. The Morgan fingerprint density at radius 2 is 0.920 bits per heavy atom. The molecule has 0 fully saturated rings. The summed E-state index contributed by atoms with van der Waals surface area (Å²) >= 11 is -0.826. The monoisotopic (exact) mass is 828 g/mol. The van der Waals surface area contributed by atoms with Gasteiger partial charge in [-0.1, -0.05) is 78.7 Å². The van der Waals surface area contributed by atoms with E-state index in [1.807, 2.05) is 0 Å². The van der Waals surface area contributed by atoms with E-state index in [9.17, 15) is 52.7 Å². The van der Waals surface area contributed by atoms with E-state index in [2.05, 4.69) is 0 Å². The summed E-state index contributed by atoms with van der Waals surface area (Å²) in [6, 6.07) is 22.1. The molecule has 6 aromatic carbocycles. The van der Waals surface area contributed by atoms with Crippen LogP contribution in [0.5, 0.6) is 0 Å². The molecule has 50 heavy (non-hydrogen) atoms. The quantitative estimate of drug-likeness (QED) is 0.120. The molecule has 0 unspecified atom stereocenters. The molecule has 0 saturated heterocycles. The molecule has 0 aliphatic rings. The zero-order valence-corrected chi connectivity index (χ0v) is 29.1. The summed E-state index contributed by atoms with van der Waals surface area (Å²) in [4.78, 5) is 0. The normalized spacial score (nSPS) is 12.2. The van der Waals surface area contributed by atoms with Gasteiger partial charge in [0.05, 0.1) is 0 Å². The van der Waals surface area contributed by atoms with Crippen molar-refractivity contribution in [3.05, 3.63) is 131 Å². The maximum absolute atomic E-state index is 13.0. The van der Waals surface area contributed by atoms with Gasteiger partial charge in [0.25, 0.3) is 0 Å². The molecule has 0 bridgehead atoms. The molecule has 15 heteroatoms. The van der Waals surface area contributed by atoms with Crippen molar-refractivity contribution in [2.24, 2.45) is 0 Å². The van der Waals surface area contributed by atoms with Crippen molar-refractivity contribution in [3.63, 3.8) is 0 Å². The number of rotatable bonds is 2. The number of hydrogen-bond acceptors (Lipinski definition) is 0. The van der Waals surface area contributed by atoms with E-state index in [1.54, 1.807) is 73.7 Å². The molecular weight excluding hydrogens is 810 g/mol. The first-order chi connectivity index (χ1) is 23.1. The number of hydrogen-bond donors (Lipinski definition) is 0. The first-order valence-corrected chi connectivity index (χ1v) is 20.3. The van der Waals surface area contributed by atoms with Crippen LogP contribution < -0.4 is 0 Å².